The Morgan fingerprint density at radius 2 is 1.81 bits per heavy atom. The van der Waals surface area contributed by atoms with E-state index in [1.165, 1.54) is 19.3 Å². The molecule has 96 valence electrons. The van der Waals surface area contributed by atoms with E-state index >= 15 is 0 Å². The second kappa shape index (κ2) is 9.64. The second-order valence-corrected chi connectivity index (χ2v) is 4.55. The minimum atomic E-state index is -0.410. The fourth-order valence-electron chi connectivity index (χ4n) is 1.68. The predicted molar refractivity (Wildman–Crippen MR) is 65.2 cm³/mol. The number of carbonyl (C=O) groups excluding carboxylic acids is 1. The van der Waals surface area contributed by atoms with Gasteiger partial charge in [-0.2, -0.15) is 0 Å². The van der Waals surface area contributed by atoms with Crippen molar-refractivity contribution >= 4 is 5.97 Å². The topological polar surface area (TPSA) is 46.5 Å². The van der Waals surface area contributed by atoms with Crippen LogP contribution in [0.4, 0.5) is 0 Å². The smallest absolute Gasteiger partial charge is 0.306 e. The lowest BCUT2D eigenvalue weighted by molar-refractivity contribution is -0.149. The summed E-state index contributed by atoms with van der Waals surface area (Å²) in [5.74, 6) is -0.135. The van der Waals surface area contributed by atoms with Crippen molar-refractivity contribution in [3.05, 3.63) is 0 Å². The fourth-order valence-corrected chi connectivity index (χ4v) is 1.68. The van der Waals surface area contributed by atoms with Crippen molar-refractivity contribution in [2.75, 3.05) is 0 Å². The first-order valence-electron chi connectivity index (χ1n) is 6.43. The lowest BCUT2D eigenvalue weighted by Crippen LogP contribution is -2.19. The molecule has 0 aromatic carbocycles. The summed E-state index contributed by atoms with van der Waals surface area (Å²) < 4.78 is 5.17. The van der Waals surface area contributed by atoms with Crippen LogP contribution in [0.5, 0.6) is 0 Å². The summed E-state index contributed by atoms with van der Waals surface area (Å²) >= 11 is 0. The minimum absolute atomic E-state index is 0.135. The van der Waals surface area contributed by atoms with Gasteiger partial charge in [0, 0.05) is 12.8 Å². The Hall–Kier alpha value is -0.570. The molecule has 0 aromatic rings. The maximum atomic E-state index is 11.4. The van der Waals surface area contributed by atoms with Crippen LogP contribution in [0.2, 0.25) is 0 Å². The molecule has 0 spiro atoms. The summed E-state index contributed by atoms with van der Waals surface area (Å²) in [6.07, 6.45) is 6.12. The van der Waals surface area contributed by atoms with E-state index in [0.29, 0.717) is 12.8 Å². The molecule has 2 unspecified atom stereocenters. The lowest BCUT2D eigenvalue weighted by atomic mass is 10.1. The van der Waals surface area contributed by atoms with Crippen LogP contribution in [0.1, 0.15) is 65.7 Å². The van der Waals surface area contributed by atoms with Crippen LogP contribution in [-0.2, 0) is 9.53 Å². The molecule has 0 saturated heterocycles. The molecule has 0 saturated carbocycles. The molecule has 0 aliphatic heterocycles. The highest BCUT2D eigenvalue weighted by Gasteiger charge is 2.11. The minimum Gasteiger partial charge on any atom is -0.463 e. The molecule has 0 aromatic heterocycles. The van der Waals surface area contributed by atoms with Crippen molar-refractivity contribution in [1.82, 2.24) is 0 Å². The highest BCUT2D eigenvalue weighted by atomic mass is 16.5. The van der Waals surface area contributed by atoms with E-state index in [1.54, 1.807) is 6.92 Å². The summed E-state index contributed by atoms with van der Waals surface area (Å²) in [5, 5.41) is 9.12. The molecular formula is C13H26O3. The number of aliphatic hydroxyl groups excluding tert-OH is 1. The van der Waals surface area contributed by atoms with Gasteiger partial charge in [-0.05, 0) is 20.3 Å². The predicted octanol–water partition coefficient (Wildman–Crippen LogP) is 3.05. The van der Waals surface area contributed by atoms with E-state index in [9.17, 15) is 4.79 Å². The number of hydrogen-bond acceptors (Lipinski definition) is 3. The molecule has 0 fully saturated rings. The Labute approximate surface area is 99.2 Å². The second-order valence-electron chi connectivity index (χ2n) is 4.55. The molecule has 0 heterocycles. The zero-order valence-corrected chi connectivity index (χ0v) is 10.9. The zero-order chi connectivity index (χ0) is 12.4. The van der Waals surface area contributed by atoms with Crippen molar-refractivity contribution in [2.45, 2.75) is 77.9 Å². The quantitative estimate of drug-likeness (QED) is 0.489. The van der Waals surface area contributed by atoms with E-state index in [-0.39, 0.29) is 12.1 Å². The summed E-state index contributed by atoms with van der Waals surface area (Å²) in [5.41, 5.74) is 0. The van der Waals surface area contributed by atoms with Crippen LogP contribution < -0.4 is 0 Å². The largest absolute Gasteiger partial charge is 0.463 e. The standard InChI is InChI=1S/C13H26O3/c1-4-5-6-7-8-9-13(15)16-12(3)10-11(2)14/h11-12,14H,4-10H2,1-3H3. The van der Waals surface area contributed by atoms with Crippen LogP contribution >= 0.6 is 0 Å². The van der Waals surface area contributed by atoms with E-state index < -0.39 is 6.10 Å². The van der Waals surface area contributed by atoms with Crippen LogP contribution in [0, 0.1) is 0 Å². The normalized spacial score (nSPS) is 14.5. The maximum Gasteiger partial charge on any atom is 0.306 e. The zero-order valence-electron chi connectivity index (χ0n) is 10.9. The van der Waals surface area contributed by atoms with Crippen molar-refractivity contribution in [1.29, 1.82) is 0 Å². The molecule has 3 heteroatoms. The van der Waals surface area contributed by atoms with Gasteiger partial charge in [0.2, 0.25) is 0 Å². The molecule has 0 rings (SSSR count). The number of esters is 1. The first-order chi connectivity index (χ1) is 7.56. The van der Waals surface area contributed by atoms with Gasteiger partial charge >= 0.3 is 5.97 Å². The summed E-state index contributed by atoms with van der Waals surface area (Å²) in [6.45, 7) is 5.70. The van der Waals surface area contributed by atoms with Crippen molar-refractivity contribution in [3.63, 3.8) is 0 Å². The molecule has 0 bridgehead atoms. The summed E-state index contributed by atoms with van der Waals surface area (Å²) in [7, 11) is 0. The Morgan fingerprint density at radius 3 is 2.38 bits per heavy atom. The average Bonchev–Trinajstić information content (AvgIpc) is 2.15. The molecule has 0 amide bonds. The molecular weight excluding hydrogens is 204 g/mol. The summed E-state index contributed by atoms with van der Waals surface area (Å²) in [6, 6.07) is 0. The van der Waals surface area contributed by atoms with E-state index in [2.05, 4.69) is 6.92 Å². The molecule has 0 aliphatic carbocycles. The summed E-state index contributed by atoms with van der Waals surface area (Å²) in [4.78, 5) is 11.4. The van der Waals surface area contributed by atoms with Gasteiger partial charge in [0.05, 0.1) is 6.10 Å². The molecule has 16 heavy (non-hydrogen) atoms. The highest BCUT2D eigenvalue weighted by molar-refractivity contribution is 5.69. The molecule has 2 atom stereocenters. The number of carbonyl (C=O) groups is 1. The van der Waals surface area contributed by atoms with Gasteiger partial charge in [0.15, 0.2) is 0 Å². The van der Waals surface area contributed by atoms with Crippen molar-refractivity contribution < 1.29 is 14.6 Å². The van der Waals surface area contributed by atoms with E-state index in [4.69, 9.17) is 9.84 Å². The third-order valence-electron chi connectivity index (χ3n) is 2.49. The number of rotatable bonds is 9. The molecule has 3 nitrogen and oxygen atoms in total. The maximum absolute atomic E-state index is 11.4. The van der Waals surface area contributed by atoms with E-state index in [1.807, 2.05) is 6.92 Å². The molecule has 1 N–H and O–H groups in total. The monoisotopic (exact) mass is 230 g/mol. The van der Waals surface area contributed by atoms with Crippen molar-refractivity contribution in [2.24, 2.45) is 0 Å². The average molecular weight is 230 g/mol. The third-order valence-corrected chi connectivity index (χ3v) is 2.49. The first kappa shape index (κ1) is 15.4. The number of aliphatic hydroxyl groups is 1. The van der Waals surface area contributed by atoms with Crippen LogP contribution in [-0.4, -0.2) is 23.3 Å². The Kier molecular flexibility index (Phi) is 9.30. The number of ether oxygens (including phenoxy) is 1. The van der Waals surface area contributed by atoms with Gasteiger partial charge in [0.25, 0.3) is 0 Å². The van der Waals surface area contributed by atoms with Crippen LogP contribution in [0.15, 0.2) is 0 Å². The van der Waals surface area contributed by atoms with Gasteiger partial charge in [-0.25, -0.2) is 0 Å². The Morgan fingerprint density at radius 1 is 1.19 bits per heavy atom. The van der Waals surface area contributed by atoms with Crippen molar-refractivity contribution in [3.8, 4) is 0 Å². The van der Waals surface area contributed by atoms with Crippen LogP contribution in [0.25, 0.3) is 0 Å². The number of unbranched alkanes of at least 4 members (excludes halogenated alkanes) is 4. The fraction of sp³-hybridized carbons (Fsp3) is 0.923. The van der Waals surface area contributed by atoms with Gasteiger partial charge < -0.3 is 9.84 Å². The third kappa shape index (κ3) is 9.97. The Balaban J connectivity index is 3.43. The van der Waals surface area contributed by atoms with Gasteiger partial charge in [-0.15, -0.1) is 0 Å². The SMILES string of the molecule is CCCCCCCC(=O)OC(C)CC(C)O. The van der Waals surface area contributed by atoms with Crippen LogP contribution in [0.3, 0.4) is 0 Å². The molecule has 0 aliphatic rings. The molecule has 0 radical (unpaired) electrons. The van der Waals surface area contributed by atoms with Gasteiger partial charge in [-0.3, -0.25) is 4.79 Å². The van der Waals surface area contributed by atoms with Gasteiger partial charge in [0.1, 0.15) is 6.10 Å². The van der Waals surface area contributed by atoms with Gasteiger partial charge in [-0.1, -0.05) is 32.6 Å². The van der Waals surface area contributed by atoms with E-state index in [0.717, 1.165) is 12.8 Å². The lowest BCUT2D eigenvalue weighted by Gasteiger charge is -2.14. The highest BCUT2D eigenvalue weighted by Crippen LogP contribution is 2.08. The Bertz CT molecular complexity index is 178. The first-order valence-corrected chi connectivity index (χ1v) is 6.43. The number of hydrogen-bond donors (Lipinski definition) is 1.